The smallest absolute Gasteiger partial charge is 0.230 e. The van der Waals surface area contributed by atoms with Crippen LogP contribution in [-0.4, -0.2) is 24.7 Å². The second kappa shape index (κ2) is 9.99. The molecule has 0 saturated carbocycles. The van der Waals surface area contributed by atoms with Crippen molar-refractivity contribution in [2.45, 2.75) is 25.8 Å². The quantitative estimate of drug-likeness (QED) is 0.715. The number of hydrogen-bond acceptors (Lipinski definition) is 5. The molecule has 2 aromatic rings. The molecule has 154 valence electrons. The molecule has 1 heterocycles. The minimum absolute atomic E-state index is 0.109. The zero-order valence-electron chi connectivity index (χ0n) is 16.9. The maximum absolute atomic E-state index is 12.3. The highest BCUT2D eigenvalue weighted by Crippen LogP contribution is 2.35. The van der Waals surface area contributed by atoms with Gasteiger partial charge in [-0.15, -0.1) is 0 Å². The summed E-state index contributed by atoms with van der Waals surface area (Å²) in [5, 5.41) is 15.8. The average molecular weight is 422 g/mol. The highest BCUT2D eigenvalue weighted by atomic mass is 32.2. The molecule has 2 aromatic carbocycles. The van der Waals surface area contributed by atoms with Gasteiger partial charge in [0.1, 0.15) is 5.75 Å². The first-order chi connectivity index (χ1) is 14.5. The Bertz CT molecular complexity index is 992. The van der Waals surface area contributed by atoms with Crippen LogP contribution in [0.2, 0.25) is 0 Å². The van der Waals surface area contributed by atoms with Gasteiger partial charge in [-0.3, -0.25) is 9.59 Å². The number of rotatable bonds is 7. The molecular weight excluding hydrogens is 398 g/mol. The molecule has 0 aromatic heterocycles. The highest BCUT2D eigenvalue weighted by Gasteiger charge is 2.29. The molecule has 0 fully saturated rings. The van der Waals surface area contributed by atoms with Gasteiger partial charge in [0.25, 0.3) is 0 Å². The Morgan fingerprint density at radius 3 is 2.57 bits per heavy atom. The van der Waals surface area contributed by atoms with Crippen LogP contribution in [0.15, 0.2) is 59.1 Å². The van der Waals surface area contributed by atoms with Gasteiger partial charge in [-0.2, -0.15) is 5.26 Å². The molecule has 1 atom stereocenters. The summed E-state index contributed by atoms with van der Waals surface area (Å²) in [4.78, 5) is 24.5. The van der Waals surface area contributed by atoms with Gasteiger partial charge in [-0.25, -0.2) is 0 Å². The van der Waals surface area contributed by atoms with Crippen LogP contribution in [0.5, 0.6) is 5.75 Å². The summed E-state index contributed by atoms with van der Waals surface area (Å²) in [6.45, 7) is 2.39. The monoisotopic (exact) mass is 421 g/mol. The zero-order valence-corrected chi connectivity index (χ0v) is 17.7. The fourth-order valence-electron chi connectivity index (χ4n) is 3.15. The van der Waals surface area contributed by atoms with Crippen LogP contribution >= 0.6 is 11.8 Å². The molecule has 0 radical (unpaired) electrons. The molecule has 0 spiro atoms. The summed E-state index contributed by atoms with van der Waals surface area (Å²) >= 11 is 1.18. The molecule has 0 unspecified atom stereocenters. The molecule has 6 nitrogen and oxygen atoms in total. The summed E-state index contributed by atoms with van der Waals surface area (Å²) in [6, 6.07) is 17.5. The lowest BCUT2D eigenvalue weighted by atomic mass is 9.87. The number of nitrogens with zero attached hydrogens (tertiary/aromatic N) is 1. The number of hydrogen-bond donors (Lipinski definition) is 2. The fraction of sp³-hybridized carbons (Fsp3) is 0.261. The predicted octanol–water partition coefficient (Wildman–Crippen LogP) is 3.39. The fourth-order valence-corrected chi connectivity index (χ4v) is 4.06. The molecule has 2 N–H and O–H groups in total. The number of amides is 2. The van der Waals surface area contributed by atoms with E-state index in [1.807, 2.05) is 55.5 Å². The standard InChI is InChI=1S/C23H23N3O3S/c1-15-3-7-17(8-4-15)19-11-21(27)26-23(20(19)12-24)30-14-22(28)25-13-16-5-9-18(29-2)10-6-16/h3-10,19H,11,13-14H2,1-2H3,(H,25,28)(H,26,27)/t19-/m1/s1. The Labute approximate surface area is 180 Å². The number of methoxy groups -OCH3 is 1. The van der Waals surface area contributed by atoms with Crippen molar-refractivity contribution >= 4 is 23.6 Å². The van der Waals surface area contributed by atoms with E-state index >= 15 is 0 Å². The van der Waals surface area contributed by atoms with Gasteiger partial charge in [0.15, 0.2) is 0 Å². The number of thioether (sulfide) groups is 1. The van der Waals surface area contributed by atoms with Gasteiger partial charge < -0.3 is 15.4 Å². The molecular formula is C23H23N3O3S. The van der Waals surface area contributed by atoms with Gasteiger partial charge in [0.05, 0.1) is 29.5 Å². The van der Waals surface area contributed by atoms with Crippen LogP contribution in [0.3, 0.4) is 0 Å². The minimum atomic E-state index is -0.297. The van der Waals surface area contributed by atoms with E-state index in [9.17, 15) is 14.9 Å². The van der Waals surface area contributed by atoms with Crippen molar-refractivity contribution < 1.29 is 14.3 Å². The summed E-state index contributed by atoms with van der Waals surface area (Å²) in [5.41, 5.74) is 3.49. The van der Waals surface area contributed by atoms with Crippen molar-refractivity contribution in [2.75, 3.05) is 12.9 Å². The van der Waals surface area contributed by atoms with E-state index in [1.54, 1.807) is 7.11 Å². The molecule has 7 heteroatoms. The van der Waals surface area contributed by atoms with E-state index in [2.05, 4.69) is 16.7 Å². The van der Waals surface area contributed by atoms with Crippen LogP contribution < -0.4 is 15.4 Å². The molecule has 3 rings (SSSR count). The highest BCUT2D eigenvalue weighted by molar-refractivity contribution is 8.03. The van der Waals surface area contributed by atoms with Gasteiger partial charge in [-0.05, 0) is 30.2 Å². The number of carbonyl (C=O) groups is 2. The molecule has 30 heavy (non-hydrogen) atoms. The molecule has 1 aliphatic heterocycles. The summed E-state index contributed by atoms with van der Waals surface area (Å²) < 4.78 is 5.12. The van der Waals surface area contributed by atoms with Crippen molar-refractivity contribution in [3.8, 4) is 11.8 Å². The number of carbonyl (C=O) groups excluding carboxylic acids is 2. The van der Waals surface area contributed by atoms with E-state index in [0.29, 0.717) is 17.1 Å². The molecule has 0 aliphatic carbocycles. The third kappa shape index (κ3) is 5.43. The maximum Gasteiger partial charge on any atom is 0.230 e. The average Bonchev–Trinajstić information content (AvgIpc) is 2.76. The number of benzene rings is 2. The lowest BCUT2D eigenvalue weighted by Gasteiger charge is -2.25. The number of aryl methyl sites for hydroxylation is 1. The maximum atomic E-state index is 12.3. The summed E-state index contributed by atoms with van der Waals surface area (Å²) in [7, 11) is 1.60. The molecule has 1 aliphatic rings. The van der Waals surface area contributed by atoms with Crippen LogP contribution in [0, 0.1) is 18.3 Å². The Morgan fingerprint density at radius 2 is 1.93 bits per heavy atom. The lowest BCUT2D eigenvalue weighted by molar-refractivity contribution is -0.121. The number of ether oxygens (including phenoxy) is 1. The normalized spacial score (nSPS) is 15.9. The Balaban J connectivity index is 1.64. The van der Waals surface area contributed by atoms with Crippen LogP contribution in [0.4, 0.5) is 0 Å². The minimum Gasteiger partial charge on any atom is -0.497 e. The summed E-state index contributed by atoms with van der Waals surface area (Å²) in [5.74, 6) is 0.243. The van der Waals surface area contributed by atoms with Crippen molar-refractivity contribution in [1.82, 2.24) is 10.6 Å². The van der Waals surface area contributed by atoms with E-state index in [1.165, 1.54) is 11.8 Å². The Kier molecular flexibility index (Phi) is 7.15. The summed E-state index contributed by atoms with van der Waals surface area (Å²) in [6.07, 6.45) is 0.222. The molecule has 0 bridgehead atoms. The zero-order chi connectivity index (χ0) is 21.5. The van der Waals surface area contributed by atoms with Crippen LogP contribution in [-0.2, 0) is 16.1 Å². The van der Waals surface area contributed by atoms with Gasteiger partial charge in [0.2, 0.25) is 11.8 Å². The first kappa shape index (κ1) is 21.5. The molecule has 2 amide bonds. The SMILES string of the molecule is COc1ccc(CNC(=O)CSC2=C(C#N)[C@@H](c3ccc(C)cc3)CC(=O)N2)cc1. The van der Waals surface area contributed by atoms with Crippen molar-refractivity contribution in [3.63, 3.8) is 0 Å². The van der Waals surface area contributed by atoms with Crippen LogP contribution in [0.25, 0.3) is 0 Å². The van der Waals surface area contributed by atoms with E-state index in [-0.39, 0.29) is 29.9 Å². The van der Waals surface area contributed by atoms with Crippen LogP contribution in [0.1, 0.15) is 29.0 Å². The second-order valence-electron chi connectivity index (χ2n) is 6.98. The number of nitriles is 1. The van der Waals surface area contributed by atoms with Gasteiger partial charge in [-0.1, -0.05) is 53.7 Å². The third-order valence-corrected chi connectivity index (χ3v) is 5.85. The second-order valence-corrected chi connectivity index (χ2v) is 7.97. The Hall–Kier alpha value is -3.24. The Morgan fingerprint density at radius 1 is 1.23 bits per heavy atom. The van der Waals surface area contributed by atoms with Crippen molar-refractivity contribution in [1.29, 1.82) is 5.26 Å². The predicted molar refractivity (Wildman–Crippen MR) is 117 cm³/mol. The van der Waals surface area contributed by atoms with Crippen molar-refractivity contribution in [2.24, 2.45) is 0 Å². The van der Waals surface area contributed by atoms with E-state index in [4.69, 9.17) is 4.74 Å². The first-order valence-electron chi connectivity index (χ1n) is 9.53. The molecule has 0 saturated heterocycles. The lowest BCUT2D eigenvalue weighted by Crippen LogP contribution is -2.32. The van der Waals surface area contributed by atoms with Gasteiger partial charge in [0, 0.05) is 18.9 Å². The van der Waals surface area contributed by atoms with Gasteiger partial charge >= 0.3 is 0 Å². The van der Waals surface area contributed by atoms with E-state index in [0.717, 1.165) is 22.4 Å². The topological polar surface area (TPSA) is 91.2 Å². The number of nitrogens with one attached hydrogen (secondary N) is 2. The number of allylic oxidation sites excluding steroid dienone is 1. The largest absolute Gasteiger partial charge is 0.497 e. The van der Waals surface area contributed by atoms with E-state index < -0.39 is 0 Å². The third-order valence-electron chi connectivity index (χ3n) is 4.83. The van der Waals surface area contributed by atoms with Crippen molar-refractivity contribution in [3.05, 3.63) is 75.8 Å². The first-order valence-corrected chi connectivity index (χ1v) is 10.5.